The lowest BCUT2D eigenvalue weighted by atomic mass is 9.96. The van der Waals surface area contributed by atoms with Gasteiger partial charge in [0.15, 0.2) is 0 Å². The van der Waals surface area contributed by atoms with Crippen LogP contribution in [0.4, 0.5) is 4.39 Å². The maximum Gasteiger partial charge on any atom is 0.225 e. The standard InChI is InChI=1S/C9H16FNO2/c1-8(2,13)4-7(12)11-5-9(3,10)6-11/h13H,4-6H2,1-3H3. The number of halogens is 1. The fourth-order valence-corrected chi connectivity index (χ4v) is 1.41. The molecule has 76 valence electrons. The molecule has 4 heteroatoms. The van der Waals surface area contributed by atoms with E-state index in [1.54, 1.807) is 13.8 Å². The Bertz CT molecular complexity index is 212. The molecule has 1 saturated heterocycles. The number of aliphatic hydroxyl groups is 1. The lowest BCUT2D eigenvalue weighted by Gasteiger charge is -2.42. The molecule has 1 heterocycles. The summed E-state index contributed by atoms with van der Waals surface area (Å²) < 4.78 is 13.0. The summed E-state index contributed by atoms with van der Waals surface area (Å²) >= 11 is 0. The third-order valence-corrected chi connectivity index (χ3v) is 1.98. The molecular weight excluding hydrogens is 173 g/mol. The van der Waals surface area contributed by atoms with Gasteiger partial charge in [0, 0.05) is 0 Å². The van der Waals surface area contributed by atoms with E-state index >= 15 is 0 Å². The van der Waals surface area contributed by atoms with Crippen LogP contribution in [-0.4, -0.2) is 40.3 Å². The van der Waals surface area contributed by atoms with E-state index in [0.29, 0.717) is 0 Å². The maximum atomic E-state index is 13.0. The van der Waals surface area contributed by atoms with Crippen molar-refractivity contribution in [1.29, 1.82) is 0 Å². The van der Waals surface area contributed by atoms with Gasteiger partial charge in [-0.2, -0.15) is 0 Å². The summed E-state index contributed by atoms with van der Waals surface area (Å²) in [5, 5.41) is 9.35. The second-order valence-electron chi connectivity index (χ2n) is 4.65. The second-order valence-corrected chi connectivity index (χ2v) is 4.65. The van der Waals surface area contributed by atoms with Gasteiger partial charge in [0.05, 0.1) is 25.1 Å². The predicted molar refractivity (Wildman–Crippen MR) is 47.0 cm³/mol. The lowest BCUT2D eigenvalue weighted by molar-refractivity contribution is -0.148. The minimum atomic E-state index is -1.23. The van der Waals surface area contributed by atoms with Crippen molar-refractivity contribution in [2.75, 3.05) is 13.1 Å². The van der Waals surface area contributed by atoms with Gasteiger partial charge in [-0.25, -0.2) is 4.39 Å². The zero-order valence-electron chi connectivity index (χ0n) is 8.30. The number of nitrogens with zero attached hydrogens (tertiary/aromatic N) is 1. The van der Waals surface area contributed by atoms with Gasteiger partial charge in [-0.15, -0.1) is 0 Å². The first kappa shape index (κ1) is 10.4. The molecule has 0 bridgehead atoms. The van der Waals surface area contributed by atoms with Crippen molar-refractivity contribution in [1.82, 2.24) is 4.90 Å². The summed E-state index contributed by atoms with van der Waals surface area (Å²) in [4.78, 5) is 12.8. The van der Waals surface area contributed by atoms with Crippen LogP contribution < -0.4 is 0 Å². The largest absolute Gasteiger partial charge is 0.390 e. The Labute approximate surface area is 77.5 Å². The minimum Gasteiger partial charge on any atom is -0.390 e. The molecule has 1 rings (SSSR count). The van der Waals surface area contributed by atoms with E-state index in [0.717, 1.165) is 0 Å². The lowest BCUT2D eigenvalue weighted by Crippen LogP contribution is -2.59. The van der Waals surface area contributed by atoms with Crippen molar-refractivity contribution < 1.29 is 14.3 Å². The molecule has 0 aliphatic carbocycles. The van der Waals surface area contributed by atoms with Gasteiger partial charge in [0.1, 0.15) is 5.67 Å². The molecule has 0 radical (unpaired) electrons. The number of amides is 1. The van der Waals surface area contributed by atoms with Crippen LogP contribution >= 0.6 is 0 Å². The molecule has 0 spiro atoms. The SMILES string of the molecule is CC(C)(O)CC(=O)N1CC(C)(F)C1. The van der Waals surface area contributed by atoms with Crippen molar-refractivity contribution in [3.05, 3.63) is 0 Å². The Balaban J connectivity index is 2.36. The number of hydrogen-bond donors (Lipinski definition) is 1. The van der Waals surface area contributed by atoms with Crippen LogP contribution in [0.1, 0.15) is 27.2 Å². The summed E-state index contributed by atoms with van der Waals surface area (Å²) in [5.41, 5.74) is -2.23. The molecule has 1 aliphatic heterocycles. The highest BCUT2D eigenvalue weighted by molar-refractivity contribution is 5.78. The monoisotopic (exact) mass is 189 g/mol. The Morgan fingerprint density at radius 1 is 1.62 bits per heavy atom. The number of alkyl halides is 1. The van der Waals surface area contributed by atoms with Crippen molar-refractivity contribution in [2.24, 2.45) is 0 Å². The van der Waals surface area contributed by atoms with Crippen LogP contribution in [0.5, 0.6) is 0 Å². The van der Waals surface area contributed by atoms with Crippen molar-refractivity contribution >= 4 is 5.91 Å². The Morgan fingerprint density at radius 3 is 2.38 bits per heavy atom. The van der Waals surface area contributed by atoms with Crippen LogP contribution in [0.25, 0.3) is 0 Å². The molecule has 0 aromatic carbocycles. The van der Waals surface area contributed by atoms with Crippen LogP contribution in [-0.2, 0) is 4.79 Å². The second kappa shape index (κ2) is 2.94. The number of hydrogen-bond acceptors (Lipinski definition) is 2. The summed E-state index contributed by atoms with van der Waals surface area (Å²) in [6.45, 7) is 4.92. The topological polar surface area (TPSA) is 40.5 Å². The Hall–Kier alpha value is -0.640. The van der Waals surface area contributed by atoms with E-state index in [9.17, 15) is 14.3 Å². The van der Waals surface area contributed by atoms with Gasteiger partial charge in [-0.1, -0.05) is 0 Å². The van der Waals surface area contributed by atoms with E-state index in [-0.39, 0.29) is 25.4 Å². The molecule has 3 nitrogen and oxygen atoms in total. The van der Waals surface area contributed by atoms with E-state index in [1.807, 2.05) is 0 Å². The normalized spacial score (nSPS) is 21.2. The highest BCUT2D eigenvalue weighted by Gasteiger charge is 2.42. The molecule has 0 aromatic rings. The maximum absolute atomic E-state index is 13.0. The average molecular weight is 189 g/mol. The van der Waals surface area contributed by atoms with E-state index in [1.165, 1.54) is 11.8 Å². The number of rotatable bonds is 2. The first-order chi connectivity index (χ1) is 5.70. The fourth-order valence-electron chi connectivity index (χ4n) is 1.41. The van der Waals surface area contributed by atoms with Gasteiger partial charge in [-0.3, -0.25) is 4.79 Å². The fraction of sp³-hybridized carbons (Fsp3) is 0.889. The van der Waals surface area contributed by atoms with Crippen LogP contribution in [0.3, 0.4) is 0 Å². The molecule has 0 atom stereocenters. The summed E-state index contributed by atoms with van der Waals surface area (Å²) in [6.07, 6.45) is 0.0586. The first-order valence-corrected chi connectivity index (χ1v) is 4.39. The van der Waals surface area contributed by atoms with Gasteiger partial charge < -0.3 is 10.0 Å². The van der Waals surface area contributed by atoms with Crippen molar-refractivity contribution in [2.45, 2.75) is 38.5 Å². The summed E-state index contributed by atoms with van der Waals surface area (Å²) in [5.74, 6) is -0.178. The highest BCUT2D eigenvalue weighted by atomic mass is 19.1. The Kier molecular flexibility index (Phi) is 2.36. The zero-order valence-corrected chi connectivity index (χ0v) is 8.30. The quantitative estimate of drug-likeness (QED) is 0.695. The van der Waals surface area contributed by atoms with E-state index in [4.69, 9.17) is 0 Å². The van der Waals surface area contributed by atoms with Crippen LogP contribution in [0.2, 0.25) is 0 Å². The molecule has 0 aromatic heterocycles. The molecule has 0 saturated carbocycles. The number of carbonyl (C=O) groups is 1. The summed E-state index contributed by atoms with van der Waals surface area (Å²) in [7, 11) is 0. The van der Waals surface area contributed by atoms with Gasteiger partial charge in [0.2, 0.25) is 5.91 Å². The van der Waals surface area contributed by atoms with E-state index in [2.05, 4.69) is 0 Å². The summed E-state index contributed by atoms with van der Waals surface area (Å²) in [6, 6.07) is 0. The molecule has 1 fully saturated rings. The average Bonchev–Trinajstić information content (AvgIpc) is 1.77. The molecule has 1 amide bonds. The van der Waals surface area contributed by atoms with Crippen LogP contribution in [0.15, 0.2) is 0 Å². The van der Waals surface area contributed by atoms with Crippen LogP contribution in [0, 0.1) is 0 Å². The van der Waals surface area contributed by atoms with E-state index < -0.39 is 11.3 Å². The molecular formula is C9H16FNO2. The van der Waals surface area contributed by atoms with Gasteiger partial charge in [0.25, 0.3) is 0 Å². The predicted octanol–water partition coefficient (Wildman–Crippen LogP) is 0.718. The minimum absolute atomic E-state index is 0.0586. The van der Waals surface area contributed by atoms with Gasteiger partial charge >= 0.3 is 0 Å². The zero-order chi connectivity index (χ0) is 10.3. The molecule has 1 N–H and O–H groups in total. The van der Waals surface area contributed by atoms with Crippen molar-refractivity contribution in [3.8, 4) is 0 Å². The smallest absolute Gasteiger partial charge is 0.225 e. The van der Waals surface area contributed by atoms with Gasteiger partial charge in [-0.05, 0) is 20.8 Å². The Morgan fingerprint density at radius 2 is 2.08 bits per heavy atom. The molecule has 0 unspecified atom stereocenters. The first-order valence-electron chi connectivity index (χ1n) is 4.39. The number of carbonyl (C=O) groups excluding carboxylic acids is 1. The molecule has 1 aliphatic rings. The third kappa shape index (κ3) is 2.95. The number of likely N-dealkylation sites (tertiary alicyclic amines) is 1. The third-order valence-electron chi connectivity index (χ3n) is 1.98. The van der Waals surface area contributed by atoms with Crippen molar-refractivity contribution in [3.63, 3.8) is 0 Å². The molecule has 13 heavy (non-hydrogen) atoms. The highest BCUT2D eigenvalue weighted by Crippen LogP contribution is 2.26.